The number of anilines is 2. The molecule has 0 aliphatic heterocycles. The van der Waals surface area contributed by atoms with E-state index in [4.69, 9.17) is 5.73 Å². The maximum atomic E-state index is 12.4. The van der Waals surface area contributed by atoms with Gasteiger partial charge in [0.2, 0.25) is 5.91 Å². The van der Waals surface area contributed by atoms with E-state index in [9.17, 15) is 14.4 Å². The molecule has 1 aliphatic rings. The summed E-state index contributed by atoms with van der Waals surface area (Å²) >= 11 is 0. The molecule has 6 nitrogen and oxygen atoms in total. The Kier molecular flexibility index (Phi) is 5.73. The van der Waals surface area contributed by atoms with Crippen LogP contribution in [-0.2, 0) is 14.4 Å². The Hall–Kier alpha value is -2.37. The van der Waals surface area contributed by atoms with E-state index in [1.807, 2.05) is 0 Å². The Morgan fingerprint density at radius 2 is 1.78 bits per heavy atom. The highest BCUT2D eigenvalue weighted by Crippen LogP contribution is 2.19. The number of carbonyl (C=O) groups excluding carboxylic acids is 3. The van der Waals surface area contributed by atoms with Gasteiger partial charge in [-0.3, -0.25) is 14.4 Å². The highest BCUT2D eigenvalue weighted by Gasteiger charge is 2.28. The van der Waals surface area contributed by atoms with Crippen molar-refractivity contribution in [3.63, 3.8) is 0 Å². The van der Waals surface area contributed by atoms with Gasteiger partial charge in [0, 0.05) is 18.7 Å². The van der Waals surface area contributed by atoms with E-state index in [1.54, 1.807) is 18.2 Å². The zero-order valence-corrected chi connectivity index (χ0v) is 13.4. The van der Waals surface area contributed by atoms with E-state index in [2.05, 4.69) is 5.32 Å². The molecule has 0 saturated heterocycles. The number of nitrogens with one attached hydrogen (secondary N) is 1. The Balaban J connectivity index is 2.11. The van der Waals surface area contributed by atoms with Crippen molar-refractivity contribution in [1.82, 2.24) is 5.32 Å². The van der Waals surface area contributed by atoms with E-state index in [0.717, 1.165) is 43.4 Å². The van der Waals surface area contributed by atoms with Crippen molar-refractivity contribution in [1.29, 1.82) is 0 Å². The molecule has 0 heterocycles. The van der Waals surface area contributed by atoms with Gasteiger partial charge in [-0.2, -0.15) is 0 Å². The summed E-state index contributed by atoms with van der Waals surface area (Å²) in [6, 6.07) is 6.37. The van der Waals surface area contributed by atoms with Crippen molar-refractivity contribution >= 4 is 29.1 Å². The standard InChI is InChI=1S/C17H23N3O3/c1-12(21)20(15-10-6-7-13(18)11-15)17(23)16(22)19-14-8-4-2-3-5-9-14/h6-7,10-11,14H,2-5,8-9,18H2,1H3,(H,19,22). The first kappa shape index (κ1) is 17.0. The van der Waals surface area contributed by atoms with Crippen LogP contribution < -0.4 is 16.0 Å². The van der Waals surface area contributed by atoms with E-state index in [-0.39, 0.29) is 6.04 Å². The number of imide groups is 1. The maximum Gasteiger partial charge on any atom is 0.323 e. The second-order valence-electron chi connectivity index (χ2n) is 5.92. The predicted octanol–water partition coefficient (Wildman–Crippen LogP) is 1.99. The first-order chi connectivity index (χ1) is 11.0. The molecule has 1 fully saturated rings. The fourth-order valence-electron chi connectivity index (χ4n) is 2.88. The largest absolute Gasteiger partial charge is 0.399 e. The van der Waals surface area contributed by atoms with Gasteiger partial charge in [-0.05, 0) is 31.0 Å². The van der Waals surface area contributed by atoms with Crippen LogP contribution in [0, 0.1) is 0 Å². The average Bonchev–Trinajstić information content (AvgIpc) is 2.75. The highest BCUT2D eigenvalue weighted by molar-refractivity contribution is 6.45. The Labute approximate surface area is 136 Å². The molecule has 0 atom stereocenters. The third kappa shape index (κ3) is 4.55. The SMILES string of the molecule is CC(=O)N(C(=O)C(=O)NC1CCCCCC1)c1cccc(N)c1. The van der Waals surface area contributed by atoms with Crippen molar-refractivity contribution in [2.24, 2.45) is 0 Å². The second-order valence-corrected chi connectivity index (χ2v) is 5.92. The molecule has 3 N–H and O–H groups in total. The summed E-state index contributed by atoms with van der Waals surface area (Å²) in [4.78, 5) is 37.3. The van der Waals surface area contributed by atoms with Gasteiger partial charge in [-0.25, -0.2) is 4.90 Å². The first-order valence-electron chi connectivity index (χ1n) is 8.00. The van der Waals surface area contributed by atoms with Crippen LogP contribution in [0.1, 0.15) is 45.4 Å². The molecular formula is C17H23N3O3. The van der Waals surface area contributed by atoms with Crippen molar-refractivity contribution in [2.75, 3.05) is 10.6 Å². The van der Waals surface area contributed by atoms with Crippen molar-refractivity contribution < 1.29 is 14.4 Å². The number of carbonyl (C=O) groups is 3. The number of nitrogens with zero attached hydrogens (tertiary/aromatic N) is 1. The molecule has 0 bridgehead atoms. The first-order valence-corrected chi connectivity index (χ1v) is 8.00. The minimum absolute atomic E-state index is 0.00333. The van der Waals surface area contributed by atoms with Crippen molar-refractivity contribution in [3.05, 3.63) is 24.3 Å². The van der Waals surface area contributed by atoms with E-state index in [1.165, 1.54) is 13.0 Å². The fourth-order valence-corrected chi connectivity index (χ4v) is 2.88. The minimum Gasteiger partial charge on any atom is -0.399 e. The molecule has 124 valence electrons. The molecule has 1 aliphatic carbocycles. The summed E-state index contributed by atoms with van der Waals surface area (Å²) in [5.74, 6) is -2.13. The molecule has 1 aromatic rings. The van der Waals surface area contributed by atoms with Crippen LogP contribution in [0.4, 0.5) is 11.4 Å². The van der Waals surface area contributed by atoms with Gasteiger partial charge < -0.3 is 11.1 Å². The highest BCUT2D eigenvalue weighted by atomic mass is 16.2. The lowest BCUT2D eigenvalue weighted by atomic mass is 10.1. The molecular weight excluding hydrogens is 294 g/mol. The quantitative estimate of drug-likeness (QED) is 0.495. The molecule has 6 heteroatoms. The number of nitrogens with two attached hydrogens (primary N) is 1. The number of hydrogen-bond donors (Lipinski definition) is 2. The Morgan fingerprint density at radius 1 is 1.13 bits per heavy atom. The van der Waals surface area contributed by atoms with Crippen molar-refractivity contribution in [2.45, 2.75) is 51.5 Å². The third-order valence-corrected chi connectivity index (χ3v) is 4.03. The molecule has 1 saturated carbocycles. The second kappa shape index (κ2) is 7.76. The van der Waals surface area contributed by atoms with Gasteiger partial charge in [0.15, 0.2) is 0 Å². The molecule has 0 aromatic heterocycles. The summed E-state index contributed by atoms with van der Waals surface area (Å²) < 4.78 is 0. The Morgan fingerprint density at radius 3 is 2.35 bits per heavy atom. The number of hydrogen-bond acceptors (Lipinski definition) is 4. The number of benzene rings is 1. The number of nitrogen functional groups attached to an aromatic ring is 1. The normalized spacial score (nSPS) is 15.5. The average molecular weight is 317 g/mol. The van der Waals surface area contributed by atoms with Crippen LogP contribution in [0.25, 0.3) is 0 Å². The van der Waals surface area contributed by atoms with Gasteiger partial charge in [-0.1, -0.05) is 31.7 Å². The molecule has 3 amide bonds. The van der Waals surface area contributed by atoms with E-state index in [0.29, 0.717) is 11.4 Å². The van der Waals surface area contributed by atoms with Crippen LogP contribution >= 0.6 is 0 Å². The van der Waals surface area contributed by atoms with Gasteiger partial charge >= 0.3 is 11.8 Å². The third-order valence-electron chi connectivity index (χ3n) is 4.03. The van der Waals surface area contributed by atoms with Gasteiger partial charge in [0.05, 0.1) is 5.69 Å². The van der Waals surface area contributed by atoms with Gasteiger partial charge in [-0.15, -0.1) is 0 Å². The minimum atomic E-state index is -0.868. The molecule has 0 spiro atoms. The topological polar surface area (TPSA) is 92.5 Å². The zero-order chi connectivity index (χ0) is 16.8. The number of rotatable bonds is 2. The van der Waals surface area contributed by atoms with Crippen LogP contribution in [0.3, 0.4) is 0 Å². The van der Waals surface area contributed by atoms with Crippen LogP contribution in [-0.4, -0.2) is 23.8 Å². The van der Waals surface area contributed by atoms with Gasteiger partial charge in [0.25, 0.3) is 0 Å². The summed E-state index contributed by atoms with van der Waals surface area (Å²) in [5, 5.41) is 2.76. The fraction of sp³-hybridized carbons (Fsp3) is 0.471. The molecule has 23 heavy (non-hydrogen) atoms. The summed E-state index contributed by atoms with van der Waals surface area (Å²) in [5.41, 5.74) is 6.42. The molecule has 1 aromatic carbocycles. The van der Waals surface area contributed by atoms with E-state index >= 15 is 0 Å². The molecule has 2 rings (SSSR count). The summed E-state index contributed by atoms with van der Waals surface area (Å²) in [7, 11) is 0. The Bertz CT molecular complexity index is 593. The smallest absolute Gasteiger partial charge is 0.323 e. The molecule has 0 unspecified atom stereocenters. The molecule has 0 radical (unpaired) electrons. The monoisotopic (exact) mass is 317 g/mol. The van der Waals surface area contributed by atoms with Crippen LogP contribution in [0.15, 0.2) is 24.3 Å². The van der Waals surface area contributed by atoms with Crippen LogP contribution in [0.5, 0.6) is 0 Å². The lowest BCUT2D eigenvalue weighted by Crippen LogP contribution is -2.48. The predicted molar refractivity (Wildman–Crippen MR) is 88.7 cm³/mol. The lowest BCUT2D eigenvalue weighted by molar-refractivity contribution is -0.139. The summed E-state index contributed by atoms with van der Waals surface area (Å²) in [6.45, 7) is 1.25. The van der Waals surface area contributed by atoms with Gasteiger partial charge in [0.1, 0.15) is 0 Å². The van der Waals surface area contributed by atoms with Crippen molar-refractivity contribution in [3.8, 4) is 0 Å². The number of amides is 3. The lowest BCUT2D eigenvalue weighted by Gasteiger charge is -2.21. The maximum absolute atomic E-state index is 12.4. The summed E-state index contributed by atoms with van der Waals surface area (Å²) in [6.07, 6.45) is 6.15. The van der Waals surface area contributed by atoms with E-state index < -0.39 is 17.7 Å². The van der Waals surface area contributed by atoms with Crippen LogP contribution in [0.2, 0.25) is 0 Å². The zero-order valence-electron chi connectivity index (χ0n) is 13.4.